The zero-order valence-corrected chi connectivity index (χ0v) is 7.50. The largest absolute Gasteiger partial charge is 0.478 e. The summed E-state index contributed by atoms with van der Waals surface area (Å²) < 4.78 is 0.605. The van der Waals surface area contributed by atoms with Crippen LogP contribution in [0.5, 0.6) is 0 Å². The van der Waals surface area contributed by atoms with Gasteiger partial charge in [0.25, 0.3) is 0 Å². The minimum absolute atomic E-state index is 0.121. The third-order valence-corrected chi connectivity index (χ3v) is 1.72. The van der Waals surface area contributed by atoms with Crippen molar-refractivity contribution in [2.75, 3.05) is 0 Å². The number of carboxylic acid groups (broad SMARTS) is 1. The Bertz CT molecular complexity index is 368. The molecule has 4 heteroatoms. The first-order valence-electron chi connectivity index (χ1n) is 3.05. The van der Waals surface area contributed by atoms with E-state index in [2.05, 4.69) is 20.8 Å². The number of carboxylic acids is 1. The van der Waals surface area contributed by atoms with Gasteiger partial charge in [-0.3, -0.25) is 0 Å². The van der Waals surface area contributed by atoms with E-state index in [1.807, 2.05) is 0 Å². The van der Waals surface area contributed by atoms with Gasteiger partial charge in [0, 0.05) is 4.47 Å². The molecule has 0 aromatic heterocycles. The lowest BCUT2D eigenvalue weighted by molar-refractivity contribution is 0.0697. The van der Waals surface area contributed by atoms with Crippen molar-refractivity contribution in [2.45, 2.75) is 0 Å². The number of rotatable bonds is 1. The van der Waals surface area contributed by atoms with Crippen LogP contribution in [0.4, 0.5) is 5.69 Å². The van der Waals surface area contributed by atoms with Crippen LogP contribution >= 0.6 is 15.9 Å². The van der Waals surface area contributed by atoms with Crippen LogP contribution in [0.3, 0.4) is 0 Å². The molecule has 12 heavy (non-hydrogen) atoms. The van der Waals surface area contributed by atoms with Crippen molar-refractivity contribution in [1.29, 1.82) is 0 Å². The normalized spacial score (nSPS) is 9.00. The van der Waals surface area contributed by atoms with E-state index in [1.54, 1.807) is 6.07 Å². The Kier molecular flexibility index (Phi) is 2.46. The van der Waals surface area contributed by atoms with E-state index in [9.17, 15) is 4.79 Å². The Labute approximate surface area is 77.6 Å². The molecule has 0 spiro atoms. The van der Waals surface area contributed by atoms with Crippen molar-refractivity contribution < 1.29 is 9.90 Å². The molecule has 0 unspecified atom stereocenters. The fourth-order valence-electron chi connectivity index (χ4n) is 0.762. The maximum absolute atomic E-state index is 10.5. The van der Waals surface area contributed by atoms with Gasteiger partial charge >= 0.3 is 5.97 Å². The van der Waals surface area contributed by atoms with Crippen LogP contribution < -0.4 is 0 Å². The van der Waals surface area contributed by atoms with Crippen LogP contribution in [-0.2, 0) is 0 Å². The first-order valence-corrected chi connectivity index (χ1v) is 3.84. The molecular weight excluding hydrogens is 222 g/mol. The van der Waals surface area contributed by atoms with Gasteiger partial charge in [0.2, 0.25) is 0 Å². The molecule has 1 aromatic rings. The van der Waals surface area contributed by atoms with Gasteiger partial charge < -0.3 is 5.11 Å². The first kappa shape index (κ1) is 8.75. The van der Waals surface area contributed by atoms with Gasteiger partial charge in [-0.2, -0.15) is 0 Å². The molecule has 0 saturated heterocycles. The molecule has 0 bridgehead atoms. The zero-order valence-electron chi connectivity index (χ0n) is 5.91. The monoisotopic (exact) mass is 225 g/mol. The molecule has 1 aromatic carbocycles. The summed E-state index contributed by atoms with van der Waals surface area (Å²) in [5, 5.41) is 8.61. The fourth-order valence-corrected chi connectivity index (χ4v) is 1.24. The number of aromatic carboxylic acids is 1. The highest BCUT2D eigenvalue weighted by Crippen LogP contribution is 2.21. The van der Waals surface area contributed by atoms with Gasteiger partial charge in [0.1, 0.15) is 0 Å². The van der Waals surface area contributed by atoms with E-state index < -0.39 is 5.97 Å². The number of hydrogen-bond donors (Lipinski definition) is 1. The second-order valence-electron chi connectivity index (χ2n) is 2.12. The van der Waals surface area contributed by atoms with Gasteiger partial charge in [-0.1, -0.05) is 15.9 Å². The van der Waals surface area contributed by atoms with Crippen molar-refractivity contribution in [3.05, 3.63) is 39.7 Å². The highest BCUT2D eigenvalue weighted by atomic mass is 79.9. The summed E-state index contributed by atoms with van der Waals surface area (Å²) in [5.74, 6) is -1.03. The van der Waals surface area contributed by atoms with Crippen molar-refractivity contribution in [3.8, 4) is 0 Å². The summed E-state index contributed by atoms with van der Waals surface area (Å²) in [6.07, 6.45) is 0. The molecule has 3 nitrogen and oxygen atoms in total. The van der Waals surface area contributed by atoms with Gasteiger partial charge in [-0.05, 0) is 18.2 Å². The standard InChI is InChI=1S/C8H4BrNO2/c1-10-7-3-5(8(11)12)2-6(9)4-7/h2-4H,(H,11,12). The summed E-state index contributed by atoms with van der Waals surface area (Å²) in [6, 6.07) is 4.36. The molecule has 0 atom stereocenters. The molecule has 1 N–H and O–H groups in total. The molecular formula is C8H4BrNO2. The first-order chi connectivity index (χ1) is 5.63. The van der Waals surface area contributed by atoms with Crippen LogP contribution in [0, 0.1) is 6.57 Å². The molecule has 0 aliphatic rings. The lowest BCUT2D eigenvalue weighted by atomic mass is 10.2. The Morgan fingerprint density at radius 3 is 2.67 bits per heavy atom. The van der Waals surface area contributed by atoms with Crippen LogP contribution in [0.15, 0.2) is 22.7 Å². The molecule has 0 saturated carbocycles. The molecule has 0 heterocycles. The summed E-state index contributed by atoms with van der Waals surface area (Å²) in [5.41, 5.74) is 0.442. The molecule has 0 amide bonds. The highest BCUT2D eigenvalue weighted by Gasteiger charge is 2.04. The molecule has 0 fully saturated rings. The summed E-state index contributed by atoms with van der Waals surface area (Å²) >= 11 is 3.12. The number of benzene rings is 1. The SMILES string of the molecule is [C-]#[N+]c1cc(Br)cc(C(=O)O)c1. The summed E-state index contributed by atoms with van der Waals surface area (Å²) in [6.45, 7) is 6.69. The third-order valence-electron chi connectivity index (χ3n) is 1.26. The molecule has 0 aliphatic carbocycles. The van der Waals surface area contributed by atoms with Crippen molar-refractivity contribution in [3.63, 3.8) is 0 Å². The van der Waals surface area contributed by atoms with E-state index >= 15 is 0 Å². The van der Waals surface area contributed by atoms with Crippen molar-refractivity contribution >= 4 is 27.6 Å². The molecule has 0 radical (unpaired) electrons. The molecule has 60 valence electrons. The highest BCUT2D eigenvalue weighted by molar-refractivity contribution is 9.10. The fraction of sp³-hybridized carbons (Fsp3) is 0. The predicted octanol–water partition coefficient (Wildman–Crippen LogP) is 2.70. The van der Waals surface area contributed by atoms with Crippen LogP contribution in [0.1, 0.15) is 10.4 Å². The lowest BCUT2D eigenvalue weighted by Crippen LogP contribution is -1.94. The van der Waals surface area contributed by atoms with Crippen LogP contribution in [0.25, 0.3) is 4.85 Å². The Hall–Kier alpha value is -1.34. The minimum Gasteiger partial charge on any atom is -0.478 e. The Morgan fingerprint density at radius 1 is 1.50 bits per heavy atom. The van der Waals surface area contributed by atoms with Gasteiger partial charge in [-0.25, -0.2) is 9.64 Å². The predicted molar refractivity (Wildman–Crippen MR) is 47.4 cm³/mol. The number of nitrogens with zero attached hydrogens (tertiary/aromatic N) is 1. The third kappa shape index (κ3) is 1.83. The maximum Gasteiger partial charge on any atom is 0.334 e. The van der Waals surface area contributed by atoms with Crippen LogP contribution in [0.2, 0.25) is 0 Å². The minimum atomic E-state index is -1.03. The average molecular weight is 226 g/mol. The molecule has 1 rings (SSSR count). The summed E-state index contributed by atoms with van der Waals surface area (Å²) in [4.78, 5) is 13.6. The number of halogens is 1. The lowest BCUT2D eigenvalue weighted by Gasteiger charge is -1.96. The van der Waals surface area contributed by atoms with E-state index in [1.165, 1.54) is 12.1 Å². The van der Waals surface area contributed by atoms with Crippen molar-refractivity contribution in [1.82, 2.24) is 0 Å². The smallest absolute Gasteiger partial charge is 0.334 e. The second-order valence-corrected chi connectivity index (χ2v) is 3.03. The topological polar surface area (TPSA) is 41.7 Å². The van der Waals surface area contributed by atoms with E-state index in [0.29, 0.717) is 10.2 Å². The maximum atomic E-state index is 10.5. The molecule has 0 aliphatic heterocycles. The van der Waals surface area contributed by atoms with E-state index in [4.69, 9.17) is 11.7 Å². The van der Waals surface area contributed by atoms with E-state index in [0.717, 1.165) is 0 Å². The van der Waals surface area contributed by atoms with Gasteiger partial charge in [-0.15, -0.1) is 0 Å². The average Bonchev–Trinajstić information content (AvgIpc) is 2.03. The number of carbonyl (C=O) groups is 1. The van der Waals surface area contributed by atoms with E-state index in [-0.39, 0.29) is 5.56 Å². The Balaban J connectivity index is 3.26. The number of hydrogen-bond acceptors (Lipinski definition) is 1. The van der Waals surface area contributed by atoms with Crippen molar-refractivity contribution in [2.24, 2.45) is 0 Å². The summed E-state index contributed by atoms with van der Waals surface area (Å²) in [7, 11) is 0. The quantitative estimate of drug-likeness (QED) is 0.748. The zero-order chi connectivity index (χ0) is 9.14. The van der Waals surface area contributed by atoms with Gasteiger partial charge in [0.05, 0.1) is 12.1 Å². The van der Waals surface area contributed by atoms with Gasteiger partial charge in [0.15, 0.2) is 5.69 Å². The Morgan fingerprint density at radius 2 is 2.17 bits per heavy atom. The van der Waals surface area contributed by atoms with Crippen LogP contribution in [-0.4, -0.2) is 11.1 Å². The second kappa shape index (κ2) is 3.37.